The maximum absolute atomic E-state index is 13.9. The molecule has 4 aromatic rings. The Morgan fingerprint density at radius 3 is 2.65 bits per heavy atom. The number of carboxylic acid groups (broad SMARTS) is 1. The van der Waals surface area contributed by atoms with Gasteiger partial charge in [-0.25, -0.2) is 19.2 Å². The quantitative estimate of drug-likeness (QED) is 0.464. The van der Waals surface area contributed by atoms with E-state index in [9.17, 15) is 14.3 Å². The van der Waals surface area contributed by atoms with Gasteiger partial charge in [0.05, 0.1) is 16.6 Å². The van der Waals surface area contributed by atoms with E-state index in [1.165, 1.54) is 18.2 Å². The van der Waals surface area contributed by atoms with Gasteiger partial charge in [-0.2, -0.15) is 0 Å². The highest BCUT2D eigenvalue weighted by atomic mass is 19.1. The maximum Gasteiger partial charge on any atom is 0.335 e. The Labute approximate surface area is 194 Å². The number of fused-ring (bicyclic) bond motifs is 3. The summed E-state index contributed by atoms with van der Waals surface area (Å²) in [5, 5.41) is 9.44. The van der Waals surface area contributed by atoms with Gasteiger partial charge in [0.15, 0.2) is 17.3 Å². The molecule has 0 bridgehead atoms. The van der Waals surface area contributed by atoms with Gasteiger partial charge < -0.3 is 19.5 Å². The highest BCUT2D eigenvalue weighted by molar-refractivity contribution is 5.94. The Morgan fingerprint density at radius 1 is 0.941 bits per heavy atom. The summed E-state index contributed by atoms with van der Waals surface area (Å²) in [6.45, 7) is 1.64. The molecule has 0 saturated carbocycles. The van der Waals surface area contributed by atoms with Crippen molar-refractivity contribution in [2.75, 3.05) is 24.7 Å². The molecule has 8 heteroatoms. The Bertz CT molecular complexity index is 1460. The summed E-state index contributed by atoms with van der Waals surface area (Å²) in [7, 11) is 0. The highest BCUT2D eigenvalue weighted by Crippen LogP contribution is 2.41. The molecule has 0 fully saturated rings. The number of nitrogens with zero attached hydrogens (tertiary/aromatic N) is 3. The number of halogens is 1. The molecule has 7 nitrogen and oxygen atoms in total. The fourth-order valence-corrected chi connectivity index (χ4v) is 4.54. The van der Waals surface area contributed by atoms with Crippen molar-refractivity contribution in [2.24, 2.45) is 0 Å². The van der Waals surface area contributed by atoms with E-state index >= 15 is 0 Å². The number of carbonyl (C=O) groups is 1. The van der Waals surface area contributed by atoms with Crippen molar-refractivity contribution >= 4 is 28.5 Å². The largest absolute Gasteiger partial charge is 0.486 e. The summed E-state index contributed by atoms with van der Waals surface area (Å²) in [4.78, 5) is 23.3. The monoisotopic (exact) mass is 457 g/mol. The van der Waals surface area contributed by atoms with Crippen LogP contribution in [0.25, 0.3) is 22.3 Å². The van der Waals surface area contributed by atoms with Crippen LogP contribution in [-0.4, -0.2) is 40.8 Å². The molecule has 0 spiro atoms. The van der Waals surface area contributed by atoms with E-state index in [1.54, 1.807) is 18.2 Å². The first-order chi connectivity index (χ1) is 16.6. The van der Waals surface area contributed by atoms with Crippen molar-refractivity contribution in [3.63, 3.8) is 0 Å². The zero-order valence-electron chi connectivity index (χ0n) is 18.1. The third-order valence-electron chi connectivity index (χ3n) is 6.12. The molecule has 34 heavy (non-hydrogen) atoms. The summed E-state index contributed by atoms with van der Waals surface area (Å²) < 4.78 is 25.4. The third kappa shape index (κ3) is 3.48. The zero-order valence-corrected chi connectivity index (χ0v) is 18.1. The van der Waals surface area contributed by atoms with Crippen LogP contribution in [0.3, 0.4) is 0 Å². The fraction of sp³-hybridized carbons (Fsp3) is 0.192. The molecule has 0 unspecified atom stereocenters. The standard InChI is InChI=1S/C26H20FN3O4/c27-18-5-7-21-15(12-18)2-1-9-30(21)25-24(16-4-8-22-23(14-16)34-11-10-33-22)28-19-6-3-17(26(31)32)13-20(19)29-25/h3-8,12-14H,1-2,9-11H2,(H,31,32). The maximum atomic E-state index is 13.9. The van der Waals surface area contributed by atoms with Crippen LogP contribution in [0, 0.1) is 5.82 Å². The number of carboxylic acids is 1. The van der Waals surface area contributed by atoms with Gasteiger partial charge in [0.1, 0.15) is 24.7 Å². The molecule has 0 aliphatic carbocycles. The van der Waals surface area contributed by atoms with Gasteiger partial charge in [0.25, 0.3) is 0 Å². The number of aromatic nitrogens is 2. The van der Waals surface area contributed by atoms with Crippen molar-refractivity contribution < 1.29 is 23.8 Å². The van der Waals surface area contributed by atoms with Crippen molar-refractivity contribution in [1.82, 2.24) is 9.97 Å². The molecule has 3 heterocycles. The topological polar surface area (TPSA) is 84.8 Å². The SMILES string of the molecule is O=C(O)c1ccc2nc(-c3ccc4c(c3)OCCO4)c(N3CCCc4cc(F)ccc43)nc2c1. The van der Waals surface area contributed by atoms with Crippen LogP contribution in [0.15, 0.2) is 54.6 Å². The lowest BCUT2D eigenvalue weighted by atomic mass is 10.0. The molecule has 6 rings (SSSR count). The van der Waals surface area contributed by atoms with Gasteiger partial charge >= 0.3 is 5.97 Å². The lowest BCUT2D eigenvalue weighted by Crippen LogP contribution is -2.26. The number of aromatic carboxylic acids is 1. The minimum absolute atomic E-state index is 0.140. The summed E-state index contributed by atoms with van der Waals surface area (Å²) >= 11 is 0. The van der Waals surface area contributed by atoms with E-state index in [-0.39, 0.29) is 11.4 Å². The summed E-state index contributed by atoms with van der Waals surface area (Å²) in [6.07, 6.45) is 1.60. The van der Waals surface area contributed by atoms with Gasteiger partial charge in [-0.1, -0.05) is 0 Å². The van der Waals surface area contributed by atoms with Crippen LogP contribution >= 0.6 is 0 Å². The molecular weight excluding hydrogens is 437 g/mol. The molecule has 0 radical (unpaired) electrons. The summed E-state index contributed by atoms with van der Waals surface area (Å²) in [5.41, 5.74) is 4.39. The molecule has 0 atom stereocenters. The van der Waals surface area contributed by atoms with Crippen LogP contribution in [-0.2, 0) is 6.42 Å². The third-order valence-corrected chi connectivity index (χ3v) is 6.12. The van der Waals surface area contributed by atoms with Crippen molar-refractivity contribution in [3.8, 4) is 22.8 Å². The predicted molar refractivity (Wildman–Crippen MR) is 125 cm³/mol. The average Bonchev–Trinajstić information content (AvgIpc) is 2.86. The minimum atomic E-state index is -1.03. The Balaban J connectivity index is 1.58. The number of rotatable bonds is 3. The van der Waals surface area contributed by atoms with E-state index in [4.69, 9.17) is 19.4 Å². The first-order valence-electron chi connectivity index (χ1n) is 11.1. The Kier molecular flexibility index (Phi) is 4.79. The normalized spacial score (nSPS) is 14.7. The lowest BCUT2D eigenvalue weighted by Gasteiger charge is -2.32. The van der Waals surface area contributed by atoms with Crippen LogP contribution in [0.2, 0.25) is 0 Å². The van der Waals surface area contributed by atoms with E-state index in [1.807, 2.05) is 23.1 Å². The van der Waals surface area contributed by atoms with Gasteiger partial charge in [0.2, 0.25) is 0 Å². The molecule has 2 aliphatic heterocycles. The van der Waals surface area contributed by atoms with Gasteiger partial charge in [-0.15, -0.1) is 0 Å². The molecule has 1 aromatic heterocycles. The van der Waals surface area contributed by atoms with Gasteiger partial charge in [0, 0.05) is 17.8 Å². The van der Waals surface area contributed by atoms with E-state index in [0.29, 0.717) is 53.8 Å². The van der Waals surface area contributed by atoms with Crippen molar-refractivity contribution in [1.29, 1.82) is 0 Å². The number of anilines is 2. The summed E-state index contributed by atoms with van der Waals surface area (Å²) in [6, 6.07) is 15.1. The molecular formula is C26H20FN3O4. The van der Waals surface area contributed by atoms with Gasteiger partial charge in [-0.3, -0.25) is 0 Å². The van der Waals surface area contributed by atoms with Crippen molar-refractivity contribution in [3.05, 3.63) is 71.5 Å². The van der Waals surface area contributed by atoms with Crippen LogP contribution in [0.4, 0.5) is 15.9 Å². The van der Waals surface area contributed by atoms with E-state index in [0.717, 1.165) is 29.7 Å². The number of hydrogen-bond acceptors (Lipinski definition) is 6. The van der Waals surface area contributed by atoms with E-state index in [2.05, 4.69) is 0 Å². The van der Waals surface area contributed by atoms with Crippen molar-refractivity contribution in [2.45, 2.75) is 12.8 Å². The first kappa shape index (κ1) is 20.4. The van der Waals surface area contributed by atoms with Crippen LogP contribution in [0.1, 0.15) is 22.3 Å². The fourth-order valence-electron chi connectivity index (χ4n) is 4.54. The molecule has 1 N–H and O–H groups in total. The highest BCUT2D eigenvalue weighted by Gasteiger charge is 2.25. The second kappa shape index (κ2) is 7.98. The second-order valence-corrected chi connectivity index (χ2v) is 8.29. The second-order valence-electron chi connectivity index (χ2n) is 8.29. The average molecular weight is 457 g/mol. The predicted octanol–water partition coefficient (Wildman–Crippen LogP) is 4.99. The molecule has 0 saturated heterocycles. The lowest BCUT2D eigenvalue weighted by molar-refractivity contribution is 0.0697. The minimum Gasteiger partial charge on any atom is -0.486 e. The number of hydrogen-bond donors (Lipinski definition) is 1. The molecule has 2 aliphatic rings. The molecule has 0 amide bonds. The number of ether oxygens (including phenoxy) is 2. The van der Waals surface area contributed by atoms with E-state index < -0.39 is 5.97 Å². The van der Waals surface area contributed by atoms with Crippen LogP contribution in [0.5, 0.6) is 11.5 Å². The Morgan fingerprint density at radius 2 is 1.79 bits per heavy atom. The number of aryl methyl sites for hydroxylation is 1. The van der Waals surface area contributed by atoms with Gasteiger partial charge in [-0.05, 0) is 73.0 Å². The zero-order chi connectivity index (χ0) is 23.2. The number of benzene rings is 3. The smallest absolute Gasteiger partial charge is 0.335 e. The van der Waals surface area contributed by atoms with Crippen LogP contribution < -0.4 is 14.4 Å². The summed E-state index contributed by atoms with van der Waals surface area (Å²) in [5.74, 6) is 0.594. The first-order valence-corrected chi connectivity index (χ1v) is 11.1. The molecule has 3 aromatic carbocycles. The molecule has 170 valence electrons. The Hall–Kier alpha value is -4.20.